The van der Waals surface area contributed by atoms with Gasteiger partial charge in [0.15, 0.2) is 0 Å². The second kappa shape index (κ2) is 5.82. The Labute approximate surface area is 130 Å². The minimum absolute atomic E-state index is 0.728. The van der Waals surface area contributed by atoms with Gasteiger partial charge in [-0.15, -0.1) is 0 Å². The second-order valence-corrected chi connectivity index (χ2v) is 8.40. The van der Waals surface area contributed by atoms with Crippen LogP contribution in [0, 0.1) is 11.8 Å². The van der Waals surface area contributed by atoms with E-state index in [2.05, 4.69) is 29.0 Å². The predicted octanol–water partition coefficient (Wildman–Crippen LogP) is 2.32. The van der Waals surface area contributed by atoms with E-state index in [9.17, 15) is 0 Å². The Morgan fingerprint density at radius 1 is 0.905 bits per heavy atom. The summed E-state index contributed by atoms with van der Waals surface area (Å²) in [5, 5.41) is 4.12. The van der Waals surface area contributed by atoms with Gasteiger partial charge in [-0.2, -0.15) is 0 Å². The molecule has 3 heteroatoms. The van der Waals surface area contributed by atoms with Crippen LogP contribution in [0.1, 0.15) is 52.4 Å². The number of hydrogen-bond donors (Lipinski definition) is 1. The summed E-state index contributed by atoms with van der Waals surface area (Å²) in [6.07, 6.45) is 8.70. The third-order valence-corrected chi connectivity index (χ3v) is 6.54. The zero-order valence-corrected chi connectivity index (χ0v) is 13.9. The topological polar surface area (TPSA) is 18.5 Å². The monoisotopic (exact) mass is 291 g/mol. The molecule has 2 aliphatic heterocycles. The summed E-state index contributed by atoms with van der Waals surface area (Å²) in [4.78, 5) is 5.48. The lowest BCUT2D eigenvalue weighted by Crippen LogP contribution is -2.60. The molecular weight excluding hydrogens is 258 g/mol. The first-order valence-electron chi connectivity index (χ1n) is 9.45. The molecular formula is C18H33N3. The molecule has 0 amide bonds. The highest BCUT2D eigenvalue weighted by Crippen LogP contribution is 2.37. The molecule has 3 unspecified atom stereocenters. The summed E-state index contributed by atoms with van der Waals surface area (Å²) in [5.74, 6) is 1.82. The molecule has 4 rings (SSSR count). The average molecular weight is 291 g/mol. The van der Waals surface area contributed by atoms with Crippen molar-refractivity contribution in [2.75, 3.05) is 26.2 Å². The van der Waals surface area contributed by atoms with Crippen LogP contribution in [-0.2, 0) is 0 Å². The molecule has 0 spiro atoms. The quantitative estimate of drug-likeness (QED) is 0.857. The summed E-state index contributed by atoms with van der Waals surface area (Å²) in [7, 11) is 0. The van der Waals surface area contributed by atoms with E-state index in [1.54, 1.807) is 0 Å². The van der Waals surface area contributed by atoms with Crippen LogP contribution in [0.25, 0.3) is 0 Å². The van der Waals surface area contributed by atoms with Gasteiger partial charge in [-0.3, -0.25) is 4.90 Å². The number of rotatable bonds is 4. The lowest BCUT2D eigenvalue weighted by Gasteiger charge is -2.49. The van der Waals surface area contributed by atoms with Gasteiger partial charge in [0, 0.05) is 50.3 Å². The fourth-order valence-corrected chi connectivity index (χ4v) is 5.13. The molecule has 2 heterocycles. The van der Waals surface area contributed by atoms with Crippen molar-refractivity contribution >= 4 is 0 Å². The van der Waals surface area contributed by atoms with Crippen LogP contribution in [0.5, 0.6) is 0 Å². The average Bonchev–Trinajstić information content (AvgIpc) is 3.19. The molecule has 120 valence electrons. The third kappa shape index (κ3) is 3.02. The third-order valence-electron chi connectivity index (χ3n) is 6.54. The molecule has 3 atom stereocenters. The van der Waals surface area contributed by atoms with Crippen molar-refractivity contribution in [3.63, 3.8) is 0 Å². The van der Waals surface area contributed by atoms with Gasteiger partial charge in [-0.1, -0.05) is 6.42 Å². The summed E-state index contributed by atoms with van der Waals surface area (Å²) in [6.45, 7) is 10.1. The molecule has 2 saturated carbocycles. The van der Waals surface area contributed by atoms with Gasteiger partial charge in [-0.25, -0.2) is 0 Å². The van der Waals surface area contributed by atoms with E-state index in [0.29, 0.717) is 0 Å². The Morgan fingerprint density at radius 3 is 2.24 bits per heavy atom. The van der Waals surface area contributed by atoms with Gasteiger partial charge in [0.1, 0.15) is 0 Å². The zero-order valence-electron chi connectivity index (χ0n) is 13.9. The van der Waals surface area contributed by atoms with Crippen LogP contribution < -0.4 is 5.32 Å². The van der Waals surface area contributed by atoms with Gasteiger partial charge in [0.25, 0.3) is 0 Å². The lowest BCUT2D eigenvalue weighted by molar-refractivity contribution is 0.0253. The van der Waals surface area contributed by atoms with E-state index in [0.717, 1.165) is 36.0 Å². The first-order chi connectivity index (χ1) is 10.2. The van der Waals surface area contributed by atoms with Crippen molar-refractivity contribution in [1.29, 1.82) is 0 Å². The number of nitrogens with zero attached hydrogens (tertiary/aromatic N) is 2. The Kier molecular flexibility index (Phi) is 4.01. The molecule has 3 nitrogen and oxygen atoms in total. The lowest BCUT2D eigenvalue weighted by atomic mass is 9.73. The van der Waals surface area contributed by atoms with Crippen molar-refractivity contribution in [1.82, 2.24) is 15.1 Å². The largest absolute Gasteiger partial charge is 0.309 e. The summed E-state index contributed by atoms with van der Waals surface area (Å²) in [5.41, 5.74) is 0. The minimum atomic E-state index is 0.728. The minimum Gasteiger partial charge on any atom is -0.309 e. The Balaban J connectivity index is 1.36. The van der Waals surface area contributed by atoms with Crippen LogP contribution in [0.3, 0.4) is 0 Å². The maximum Gasteiger partial charge on any atom is 0.0210 e. The molecule has 0 aromatic heterocycles. The van der Waals surface area contributed by atoms with Gasteiger partial charge < -0.3 is 10.2 Å². The number of piperidine rings is 1. The smallest absolute Gasteiger partial charge is 0.0210 e. The molecule has 0 aromatic carbocycles. The molecule has 21 heavy (non-hydrogen) atoms. The van der Waals surface area contributed by atoms with E-state index >= 15 is 0 Å². The summed E-state index contributed by atoms with van der Waals surface area (Å²) in [6, 6.07) is 3.28. The standard InChI is InChI=1S/C18H33N3/c1-13(2)21-10-14-4-3-5-15(11-21)18(14)19-16-8-9-20(12-16)17-6-7-17/h13-19H,3-12H2,1-2H3. The maximum atomic E-state index is 4.12. The van der Waals surface area contributed by atoms with Crippen LogP contribution in [0.15, 0.2) is 0 Å². The van der Waals surface area contributed by atoms with Crippen molar-refractivity contribution in [3.05, 3.63) is 0 Å². The molecule has 2 aliphatic carbocycles. The molecule has 4 aliphatic rings. The van der Waals surface area contributed by atoms with Crippen molar-refractivity contribution in [3.8, 4) is 0 Å². The fourth-order valence-electron chi connectivity index (χ4n) is 5.13. The van der Waals surface area contributed by atoms with E-state index in [4.69, 9.17) is 0 Å². The first-order valence-corrected chi connectivity index (χ1v) is 9.45. The van der Waals surface area contributed by atoms with Crippen molar-refractivity contribution in [2.24, 2.45) is 11.8 Å². The van der Waals surface area contributed by atoms with Gasteiger partial charge >= 0.3 is 0 Å². The number of likely N-dealkylation sites (tertiary alicyclic amines) is 2. The Hall–Kier alpha value is -0.120. The van der Waals surface area contributed by atoms with Crippen LogP contribution in [0.4, 0.5) is 0 Å². The molecule has 4 fully saturated rings. The molecule has 0 aromatic rings. The van der Waals surface area contributed by atoms with Gasteiger partial charge in [0.2, 0.25) is 0 Å². The SMILES string of the molecule is CC(C)N1CC2CCCC(C1)C2NC1CCN(C2CC2)C1. The highest BCUT2D eigenvalue weighted by atomic mass is 15.2. The van der Waals surface area contributed by atoms with E-state index < -0.39 is 0 Å². The first kappa shape index (κ1) is 14.5. The van der Waals surface area contributed by atoms with Crippen molar-refractivity contribution < 1.29 is 0 Å². The Morgan fingerprint density at radius 2 is 1.62 bits per heavy atom. The number of nitrogens with one attached hydrogen (secondary N) is 1. The highest BCUT2D eigenvalue weighted by Gasteiger charge is 2.42. The number of hydrogen-bond acceptors (Lipinski definition) is 3. The zero-order chi connectivity index (χ0) is 14.4. The normalized spacial score (nSPS) is 41.9. The van der Waals surface area contributed by atoms with E-state index in [1.165, 1.54) is 64.7 Å². The summed E-state index contributed by atoms with van der Waals surface area (Å²) < 4.78 is 0. The predicted molar refractivity (Wildman–Crippen MR) is 87.5 cm³/mol. The number of fused-ring (bicyclic) bond motifs is 2. The van der Waals surface area contributed by atoms with Crippen molar-refractivity contribution in [2.45, 2.75) is 76.5 Å². The van der Waals surface area contributed by atoms with Gasteiger partial charge in [-0.05, 0) is 57.8 Å². The molecule has 0 radical (unpaired) electrons. The molecule has 2 saturated heterocycles. The van der Waals surface area contributed by atoms with Crippen LogP contribution in [0.2, 0.25) is 0 Å². The van der Waals surface area contributed by atoms with Gasteiger partial charge in [0.05, 0.1) is 0 Å². The molecule has 2 bridgehead atoms. The van der Waals surface area contributed by atoms with E-state index in [-0.39, 0.29) is 0 Å². The molecule has 1 N–H and O–H groups in total. The van der Waals surface area contributed by atoms with E-state index in [1.807, 2.05) is 0 Å². The fraction of sp³-hybridized carbons (Fsp3) is 1.00. The maximum absolute atomic E-state index is 4.12. The highest BCUT2D eigenvalue weighted by molar-refractivity contribution is 4.99. The summed E-state index contributed by atoms with van der Waals surface area (Å²) >= 11 is 0. The second-order valence-electron chi connectivity index (χ2n) is 8.40. The Bertz CT molecular complexity index is 351. The van der Waals surface area contributed by atoms with Crippen LogP contribution in [-0.4, -0.2) is 60.1 Å². The van der Waals surface area contributed by atoms with Crippen LogP contribution >= 0.6 is 0 Å².